The van der Waals surface area contributed by atoms with Crippen molar-refractivity contribution in [1.82, 2.24) is 4.90 Å². The van der Waals surface area contributed by atoms with Crippen molar-refractivity contribution in [2.45, 2.75) is 32.4 Å². The number of ether oxygens (including phenoxy) is 4. The Morgan fingerprint density at radius 1 is 1.12 bits per heavy atom. The van der Waals surface area contributed by atoms with E-state index in [2.05, 4.69) is 4.90 Å². The molecule has 0 spiro atoms. The molecule has 3 heterocycles. The molecular formula is C25H27NO6. The van der Waals surface area contributed by atoms with Gasteiger partial charge < -0.3 is 23.4 Å². The minimum absolute atomic E-state index is 0.0741. The molecule has 168 valence electrons. The van der Waals surface area contributed by atoms with Crippen LogP contribution in [0.25, 0.3) is 22.1 Å². The second-order valence-corrected chi connectivity index (χ2v) is 8.27. The summed E-state index contributed by atoms with van der Waals surface area (Å²) in [6, 6.07) is 9.10. The lowest BCUT2D eigenvalue weighted by atomic mass is 10.00. The van der Waals surface area contributed by atoms with Crippen molar-refractivity contribution in [3.8, 4) is 28.4 Å². The van der Waals surface area contributed by atoms with Gasteiger partial charge in [-0.05, 0) is 49.6 Å². The maximum absolute atomic E-state index is 13.5. The second-order valence-electron chi connectivity index (χ2n) is 8.27. The van der Waals surface area contributed by atoms with Crippen LogP contribution < -0.4 is 19.6 Å². The molecule has 1 saturated heterocycles. The van der Waals surface area contributed by atoms with E-state index in [0.717, 1.165) is 42.9 Å². The van der Waals surface area contributed by atoms with Crippen molar-refractivity contribution >= 4 is 11.0 Å². The number of methoxy groups -OCH3 is 2. The van der Waals surface area contributed by atoms with Crippen molar-refractivity contribution in [3.05, 3.63) is 51.9 Å². The average molecular weight is 437 g/mol. The summed E-state index contributed by atoms with van der Waals surface area (Å²) >= 11 is 0. The normalized spacial score (nSPS) is 18.4. The summed E-state index contributed by atoms with van der Waals surface area (Å²) < 4.78 is 28.8. The first-order chi connectivity index (χ1) is 15.6. The van der Waals surface area contributed by atoms with Crippen LogP contribution in [0.15, 0.2) is 39.5 Å². The fraction of sp³-hybridized carbons (Fsp3) is 0.400. The summed E-state index contributed by atoms with van der Waals surface area (Å²) in [5.74, 6) is 2.49. The van der Waals surface area contributed by atoms with Crippen LogP contribution in [0.3, 0.4) is 0 Å². The van der Waals surface area contributed by atoms with E-state index in [9.17, 15) is 4.79 Å². The highest BCUT2D eigenvalue weighted by Crippen LogP contribution is 2.36. The first kappa shape index (κ1) is 20.8. The zero-order valence-corrected chi connectivity index (χ0v) is 18.6. The third kappa shape index (κ3) is 3.61. The second kappa shape index (κ2) is 8.48. The van der Waals surface area contributed by atoms with Crippen molar-refractivity contribution < 1.29 is 23.4 Å². The Balaban J connectivity index is 1.56. The van der Waals surface area contributed by atoms with Crippen molar-refractivity contribution in [1.29, 1.82) is 0 Å². The maximum atomic E-state index is 13.5. The monoisotopic (exact) mass is 437 g/mol. The zero-order valence-electron chi connectivity index (χ0n) is 18.6. The summed E-state index contributed by atoms with van der Waals surface area (Å²) in [5, 5.41) is 0.543. The number of aryl methyl sites for hydroxylation is 1. The number of benzene rings is 2. The van der Waals surface area contributed by atoms with Gasteiger partial charge in [-0.15, -0.1) is 0 Å². The Hall–Kier alpha value is -3.03. The Morgan fingerprint density at radius 2 is 1.97 bits per heavy atom. The molecule has 7 heteroatoms. The quantitative estimate of drug-likeness (QED) is 0.595. The van der Waals surface area contributed by atoms with Gasteiger partial charge in [0.1, 0.15) is 23.8 Å². The molecule has 0 saturated carbocycles. The fourth-order valence-corrected chi connectivity index (χ4v) is 4.64. The number of hydrogen-bond donors (Lipinski definition) is 0. The molecule has 1 fully saturated rings. The van der Waals surface area contributed by atoms with Crippen LogP contribution in [0.1, 0.15) is 24.2 Å². The van der Waals surface area contributed by atoms with E-state index >= 15 is 0 Å². The smallest absolute Gasteiger partial charge is 0.200 e. The maximum Gasteiger partial charge on any atom is 0.200 e. The van der Waals surface area contributed by atoms with E-state index < -0.39 is 0 Å². The van der Waals surface area contributed by atoms with Gasteiger partial charge in [-0.2, -0.15) is 0 Å². The van der Waals surface area contributed by atoms with Crippen molar-refractivity contribution in [2.24, 2.45) is 0 Å². The summed E-state index contributed by atoms with van der Waals surface area (Å²) in [5.41, 5.74) is 2.67. The Labute approximate surface area is 186 Å². The van der Waals surface area contributed by atoms with E-state index in [1.54, 1.807) is 32.4 Å². The van der Waals surface area contributed by atoms with Crippen LogP contribution in [-0.4, -0.2) is 45.1 Å². The topological polar surface area (TPSA) is 70.4 Å². The molecule has 0 amide bonds. The molecule has 2 aromatic carbocycles. The zero-order chi connectivity index (χ0) is 22.2. The average Bonchev–Trinajstić information content (AvgIpc) is 3.32. The van der Waals surface area contributed by atoms with Gasteiger partial charge in [0.05, 0.1) is 36.8 Å². The summed E-state index contributed by atoms with van der Waals surface area (Å²) in [6.45, 7) is 4.62. The third-order valence-electron chi connectivity index (χ3n) is 6.24. The molecule has 7 nitrogen and oxygen atoms in total. The Morgan fingerprint density at radius 3 is 2.72 bits per heavy atom. The summed E-state index contributed by atoms with van der Waals surface area (Å²) in [7, 11) is 3.16. The van der Waals surface area contributed by atoms with E-state index in [1.807, 2.05) is 19.1 Å². The highest BCUT2D eigenvalue weighted by molar-refractivity contribution is 5.87. The molecule has 1 atom stereocenters. The number of hydrogen-bond acceptors (Lipinski definition) is 7. The number of fused-ring (bicyclic) bond motifs is 3. The van der Waals surface area contributed by atoms with Crippen LogP contribution in [0, 0.1) is 6.92 Å². The number of rotatable bonds is 5. The Bertz CT molecular complexity index is 1210. The van der Waals surface area contributed by atoms with Crippen LogP contribution in [0.2, 0.25) is 0 Å². The van der Waals surface area contributed by atoms with E-state index in [0.29, 0.717) is 47.1 Å². The molecule has 2 aliphatic heterocycles. The molecule has 5 rings (SSSR count). The largest absolute Gasteiger partial charge is 0.493 e. The highest BCUT2D eigenvalue weighted by atomic mass is 16.5. The highest BCUT2D eigenvalue weighted by Gasteiger charge is 2.27. The van der Waals surface area contributed by atoms with Gasteiger partial charge in [-0.1, -0.05) is 6.07 Å². The SMILES string of the molecule is COc1ccc(-c2c(C)oc3c4c(ccc3c2=O)OCN(CC2CCCO2)C4)cc1OC. The molecular weight excluding hydrogens is 410 g/mol. The van der Waals surface area contributed by atoms with Crippen LogP contribution in [0.4, 0.5) is 0 Å². The van der Waals surface area contributed by atoms with E-state index in [1.165, 1.54) is 0 Å². The standard InChI is InChI=1S/C25H27NO6/c1-15-23(16-6-8-21(28-2)22(11-16)29-3)24(27)18-7-9-20-19(25(18)32-15)13-26(14-31-20)12-17-5-4-10-30-17/h6-9,11,17H,4-5,10,12-14H2,1-3H3. The lowest BCUT2D eigenvalue weighted by Crippen LogP contribution is -2.37. The molecule has 1 aromatic heterocycles. The third-order valence-corrected chi connectivity index (χ3v) is 6.24. The molecule has 2 aliphatic rings. The van der Waals surface area contributed by atoms with E-state index in [-0.39, 0.29) is 11.5 Å². The molecule has 32 heavy (non-hydrogen) atoms. The number of nitrogens with zero attached hydrogens (tertiary/aromatic N) is 1. The fourth-order valence-electron chi connectivity index (χ4n) is 4.64. The molecule has 3 aromatic rings. The molecule has 1 unspecified atom stereocenters. The van der Waals surface area contributed by atoms with Gasteiger partial charge in [0, 0.05) is 19.7 Å². The lowest BCUT2D eigenvalue weighted by Gasteiger charge is -2.30. The predicted molar refractivity (Wildman–Crippen MR) is 121 cm³/mol. The summed E-state index contributed by atoms with van der Waals surface area (Å²) in [4.78, 5) is 15.7. The van der Waals surface area contributed by atoms with Gasteiger partial charge in [0.2, 0.25) is 5.43 Å². The van der Waals surface area contributed by atoms with E-state index in [4.69, 9.17) is 23.4 Å². The lowest BCUT2D eigenvalue weighted by molar-refractivity contribution is 0.0281. The molecule has 0 aliphatic carbocycles. The summed E-state index contributed by atoms with van der Waals surface area (Å²) in [6.07, 6.45) is 2.41. The minimum atomic E-state index is -0.0741. The van der Waals surface area contributed by atoms with Gasteiger partial charge in [-0.25, -0.2) is 0 Å². The van der Waals surface area contributed by atoms with Crippen LogP contribution in [0.5, 0.6) is 17.2 Å². The van der Waals surface area contributed by atoms with Gasteiger partial charge >= 0.3 is 0 Å². The first-order valence-electron chi connectivity index (χ1n) is 10.9. The van der Waals surface area contributed by atoms with Crippen LogP contribution in [-0.2, 0) is 11.3 Å². The van der Waals surface area contributed by atoms with Crippen LogP contribution >= 0.6 is 0 Å². The predicted octanol–water partition coefficient (Wildman–Crippen LogP) is 4.12. The molecule has 0 N–H and O–H groups in total. The van der Waals surface area contributed by atoms with Crippen molar-refractivity contribution in [2.75, 3.05) is 34.1 Å². The molecule has 0 bridgehead atoms. The Kier molecular flexibility index (Phi) is 5.53. The van der Waals surface area contributed by atoms with Gasteiger partial charge in [0.25, 0.3) is 0 Å². The minimum Gasteiger partial charge on any atom is -0.493 e. The molecule has 0 radical (unpaired) electrons. The van der Waals surface area contributed by atoms with Gasteiger partial charge in [0.15, 0.2) is 11.5 Å². The van der Waals surface area contributed by atoms with Gasteiger partial charge in [-0.3, -0.25) is 9.69 Å². The van der Waals surface area contributed by atoms with Crippen molar-refractivity contribution in [3.63, 3.8) is 0 Å². The first-order valence-corrected chi connectivity index (χ1v) is 10.9.